The van der Waals surface area contributed by atoms with Crippen LogP contribution in [0.25, 0.3) is 0 Å². The molecule has 4 saturated carbocycles. The van der Waals surface area contributed by atoms with Crippen LogP contribution in [0.1, 0.15) is 78.6 Å². The zero-order chi connectivity index (χ0) is 35.3. The van der Waals surface area contributed by atoms with Crippen molar-refractivity contribution in [3.05, 3.63) is 11.6 Å². The normalized spacial score (nSPS) is 55.9. The zero-order valence-electron chi connectivity index (χ0n) is 28.3. The highest BCUT2D eigenvalue weighted by Crippen LogP contribution is 2.71. The SMILES string of the molecule is C[C@@H]1O[C@@H](OC2CC[C@]3(C=O)C4CC[C@]5(C)C(C6=CC(=O)OC6)CCC5(O)C4CCC3(O[C@H]3O[C@H](C)[C@@H](O)[C@H](O)[C@@H]3O)C2)[C@H](O)[C@H](O)[C@H]1O. The van der Waals surface area contributed by atoms with Gasteiger partial charge < -0.3 is 64.2 Å². The molecule has 14 heteroatoms. The van der Waals surface area contributed by atoms with Gasteiger partial charge in [0.05, 0.1) is 34.9 Å². The molecule has 0 aromatic heterocycles. The van der Waals surface area contributed by atoms with Gasteiger partial charge in [0, 0.05) is 17.9 Å². The van der Waals surface area contributed by atoms with Crippen LogP contribution in [0, 0.1) is 28.6 Å². The van der Waals surface area contributed by atoms with Crippen molar-refractivity contribution in [3.63, 3.8) is 0 Å². The van der Waals surface area contributed by atoms with Crippen LogP contribution in [-0.4, -0.2) is 133 Å². The fourth-order valence-corrected chi connectivity index (χ4v) is 11.3. The number of hydrogen-bond acceptors (Lipinski definition) is 14. The Morgan fingerprint density at radius 1 is 0.796 bits per heavy atom. The predicted molar refractivity (Wildman–Crippen MR) is 166 cm³/mol. The van der Waals surface area contributed by atoms with Gasteiger partial charge in [-0.15, -0.1) is 0 Å². The number of aliphatic hydroxyl groups is 7. The van der Waals surface area contributed by atoms with Crippen molar-refractivity contribution in [2.24, 2.45) is 28.6 Å². The average Bonchev–Trinajstić information content (AvgIpc) is 3.62. The summed E-state index contributed by atoms with van der Waals surface area (Å²) in [6.45, 7) is 5.42. The summed E-state index contributed by atoms with van der Waals surface area (Å²) in [5, 5.41) is 76.2. The number of esters is 1. The number of aliphatic hydroxyl groups excluding tert-OH is 6. The average molecular weight is 697 g/mol. The van der Waals surface area contributed by atoms with Crippen LogP contribution in [-0.2, 0) is 33.3 Å². The van der Waals surface area contributed by atoms with Crippen molar-refractivity contribution >= 4 is 12.3 Å². The Labute approximate surface area is 285 Å². The minimum Gasteiger partial charge on any atom is -0.458 e. The van der Waals surface area contributed by atoms with Crippen LogP contribution in [0.5, 0.6) is 0 Å². The molecule has 6 fully saturated rings. The summed E-state index contributed by atoms with van der Waals surface area (Å²) in [6.07, 6.45) is -7.55. The van der Waals surface area contributed by atoms with Gasteiger partial charge in [-0.3, -0.25) is 0 Å². The summed E-state index contributed by atoms with van der Waals surface area (Å²) in [7, 11) is 0. The smallest absolute Gasteiger partial charge is 0.331 e. The van der Waals surface area contributed by atoms with Gasteiger partial charge in [0.2, 0.25) is 0 Å². The van der Waals surface area contributed by atoms with Crippen LogP contribution in [0.15, 0.2) is 11.6 Å². The van der Waals surface area contributed by atoms with E-state index < -0.39 is 89.5 Å². The molecule has 18 atom stereocenters. The van der Waals surface area contributed by atoms with Crippen molar-refractivity contribution in [1.82, 2.24) is 0 Å². The third kappa shape index (κ3) is 5.23. The molecule has 0 amide bonds. The number of ether oxygens (including phenoxy) is 5. The Hall–Kier alpha value is -1.56. The summed E-state index contributed by atoms with van der Waals surface area (Å²) in [5.74, 6) is -1.01. The molecule has 0 aromatic rings. The molecule has 0 radical (unpaired) electrons. The van der Waals surface area contributed by atoms with E-state index in [4.69, 9.17) is 23.7 Å². The van der Waals surface area contributed by atoms with E-state index in [-0.39, 0.29) is 49.6 Å². The second-order valence-corrected chi connectivity index (χ2v) is 16.2. The Bertz CT molecular complexity index is 1330. The molecular weight excluding hydrogens is 644 g/mol. The number of carbonyl (C=O) groups excluding carboxylic acids is 2. The predicted octanol–water partition coefficient (Wildman–Crippen LogP) is -0.398. The summed E-state index contributed by atoms with van der Waals surface area (Å²) in [6, 6.07) is 0. The first-order valence-electron chi connectivity index (χ1n) is 17.9. The molecule has 0 bridgehead atoms. The number of aldehydes is 1. The number of cyclic esters (lactones) is 1. The summed E-state index contributed by atoms with van der Waals surface area (Å²) < 4.78 is 29.9. The monoisotopic (exact) mass is 696 g/mol. The maximum atomic E-state index is 13.8. The first-order chi connectivity index (χ1) is 23.1. The molecule has 7 aliphatic rings. The molecule has 276 valence electrons. The van der Waals surface area contributed by atoms with Crippen molar-refractivity contribution < 1.29 is 69.0 Å². The van der Waals surface area contributed by atoms with Crippen LogP contribution in [0.3, 0.4) is 0 Å². The lowest BCUT2D eigenvalue weighted by Gasteiger charge is -2.66. The van der Waals surface area contributed by atoms with Crippen LogP contribution >= 0.6 is 0 Å². The number of rotatable bonds is 6. The van der Waals surface area contributed by atoms with Gasteiger partial charge >= 0.3 is 5.97 Å². The molecule has 49 heavy (non-hydrogen) atoms. The topological polar surface area (TPSA) is 222 Å². The Balaban J connectivity index is 1.22. The molecule has 14 nitrogen and oxygen atoms in total. The van der Waals surface area contributed by atoms with Gasteiger partial charge in [0.25, 0.3) is 0 Å². The summed E-state index contributed by atoms with van der Waals surface area (Å²) in [5.41, 5.74) is -3.26. The van der Waals surface area contributed by atoms with Crippen molar-refractivity contribution in [2.45, 2.75) is 157 Å². The highest BCUT2D eigenvalue weighted by atomic mass is 16.7. The van der Waals surface area contributed by atoms with Crippen LogP contribution in [0.4, 0.5) is 0 Å². The van der Waals surface area contributed by atoms with Crippen molar-refractivity contribution in [3.8, 4) is 0 Å². The van der Waals surface area contributed by atoms with E-state index in [2.05, 4.69) is 6.92 Å². The molecule has 3 heterocycles. The number of fused-ring (bicyclic) bond motifs is 5. The van der Waals surface area contributed by atoms with Gasteiger partial charge in [-0.2, -0.15) is 0 Å². The molecule has 6 unspecified atom stereocenters. The third-order valence-electron chi connectivity index (χ3n) is 14.1. The molecule has 4 aliphatic carbocycles. The van der Waals surface area contributed by atoms with Gasteiger partial charge in [-0.05, 0) is 88.5 Å². The molecule has 0 aromatic carbocycles. The quantitative estimate of drug-likeness (QED) is 0.107. The summed E-state index contributed by atoms with van der Waals surface area (Å²) in [4.78, 5) is 25.7. The maximum absolute atomic E-state index is 13.8. The first-order valence-corrected chi connectivity index (χ1v) is 17.9. The van der Waals surface area contributed by atoms with E-state index in [0.29, 0.717) is 38.5 Å². The minimum absolute atomic E-state index is 0.0393. The zero-order valence-corrected chi connectivity index (χ0v) is 28.3. The first kappa shape index (κ1) is 35.8. The van der Waals surface area contributed by atoms with Crippen molar-refractivity contribution in [1.29, 1.82) is 0 Å². The molecule has 7 rings (SSSR count). The van der Waals surface area contributed by atoms with E-state index in [9.17, 15) is 45.3 Å². The lowest BCUT2D eigenvalue weighted by molar-refractivity contribution is -0.364. The molecule has 3 aliphatic heterocycles. The standard InChI is InChI=1S/C35H52O14/c1-16-24(38)26(40)28(42)30(46-16)48-19-4-9-33(15-36)21-5-8-32(3)20(18-12-23(37)45-14-18)7-11-35(32,44)22(21)6-10-34(33,13-19)49-31-29(43)27(41)25(39)17(2)47-31/h12,15-17,19-22,24-31,38-44H,4-11,13-14H2,1-3H3/t16-,17+,19?,20?,21?,22?,24-,25+,26+,27-,28+,29-,30-,31+,32+,33-,34?,35?/m0/s1. The van der Waals surface area contributed by atoms with Crippen molar-refractivity contribution in [2.75, 3.05) is 6.61 Å². The van der Waals surface area contributed by atoms with E-state index in [1.807, 2.05) is 0 Å². The second-order valence-electron chi connectivity index (χ2n) is 16.2. The fourth-order valence-electron chi connectivity index (χ4n) is 11.3. The van der Waals surface area contributed by atoms with E-state index in [0.717, 1.165) is 11.9 Å². The lowest BCUT2D eigenvalue weighted by Crippen LogP contribution is -2.71. The largest absolute Gasteiger partial charge is 0.458 e. The minimum atomic E-state index is -1.62. The Morgan fingerprint density at radius 2 is 1.43 bits per heavy atom. The van der Waals surface area contributed by atoms with E-state index >= 15 is 0 Å². The third-order valence-corrected chi connectivity index (χ3v) is 14.1. The molecular formula is C35H52O14. The van der Waals surface area contributed by atoms with Gasteiger partial charge in [0.1, 0.15) is 49.5 Å². The van der Waals surface area contributed by atoms with Gasteiger partial charge in [0.15, 0.2) is 12.6 Å². The Kier molecular flexibility index (Phi) is 9.17. The highest BCUT2D eigenvalue weighted by Gasteiger charge is 2.73. The maximum Gasteiger partial charge on any atom is 0.331 e. The molecule has 7 N–H and O–H groups in total. The number of carbonyl (C=O) groups is 2. The van der Waals surface area contributed by atoms with Crippen LogP contribution < -0.4 is 0 Å². The molecule has 0 spiro atoms. The highest BCUT2D eigenvalue weighted by molar-refractivity contribution is 5.85. The molecule has 2 saturated heterocycles. The number of hydrogen-bond donors (Lipinski definition) is 7. The fraction of sp³-hybridized carbons (Fsp3) is 0.886. The van der Waals surface area contributed by atoms with E-state index in [1.165, 1.54) is 0 Å². The summed E-state index contributed by atoms with van der Waals surface area (Å²) >= 11 is 0. The van der Waals surface area contributed by atoms with Crippen LogP contribution in [0.2, 0.25) is 0 Å². The van der Waals surface area contributed by atoms with Gasteiger partial charge in [-0.1, -0.05) is 6.92 Å². The Morgan fingerprint density at radius 3 is 2.06 bits per heavy atom. The second kappa shape index (κ2) is 12.5. The lowest BCUT2D eigenvalue weighted by atomic mass is 9.41. The van der Waals surface area contributed by atoms with Gasteiger partial charge in [-0.25, -0.2) is 4.79 Å². The van der Waals surface area contributed by atoms with E-state index in [1.54, 1.807) is 19.9 Å².